The fourth-order valence-corrected chi connectivity index (χ4v) is 3.31. The third-order valence-corrected chi connectivity index (χ3v) is 5.03. The van der Waals surface area contributed by atoms with E-state index in [1.54, 1.807) is 0 Å². The highest BCUT2D eigenvalue weighted by Crippen LogP contribution is 2.12. The maximum Gasteiger partial charge on any atom is 0.0466 e. The highest BCUT2D eigenvalue weighted by atomic mass is 16.5. The molecule has 1 nitrogen and oxygen atoms in total. The minimum atomic E-state index is 0.990. The van der Waals surface area contributed by atoms with Gasteiger partial charge in [0.05, 0.1) is 0 Å². The Morgan fingerprint density at radius 3 is 0.875 bits per heavy atom. The summed E-state index contributed by atoms with van der Waals surface area (Å²) in [7, 11) is 0. The van der Waals surface area contributed by atoms with Crippen molar-refractivity contribution in [2.75, 3.05) is 13.2 Å². The Balaban J connectivity index is 2.93. The van der Waals surface area contributed by atoms with E-state index in [2.05, 4.69) is 13.8 Å². The zero-order chi connectivity index (χ0) is 17.6. The van der Waals surface area contributed by atoms with Gasteiger partial charge in [0.2, 0.25) is 0 Å². The Morgan fingerprint density at radius 1 is 0.333 bits per heavy atom. The van der Waals surface area contributed by atoms with Crippen LogP contribution in [-0.4, -0.2) is 13.2 Å². The normalized spacial score (nSPS) is 11.2. The van der Waals surface area contributed by atoms with Gasteiger partial charge >= 0.3 is 0 Å². The summed E-state index contributed by atoms with van der Waals surface area (Å²) in [6.07, 6.45) is 26.7. The maximum atomic E-state index is 5.74. The number of rotatable bonds is 21. The van der Waals surface area contributed by atoms with Gasteiger partial charge in [-0.2, -0.15) is 0 Å². The summed E-state index contributed by atoms with van der Waals surface area (Å²) in [6, 6.07) is 0. The maximum absolute atomic E-state index is 5.74. The van der Waals surface area contributed by atoms with E-state index in [4.69, 9.17) is 4.74 Å². The summed E-state index contributed by atoms with van der Waals surface area (Å²) in [6.45, 7) is 6.55. The molecule has 0 amide bonds. The predicted octanol–water partition coefficient (Wildman–Crippen LogP) is 8.45. The van der Waals surface area contributed by atoms with Gasteiger partial charge in [-0.3, -0.25) is 0 Å². The second-order valence-electron chi connectivity index (χ2n) is 7.62. The quantitative estimate of drug-likeness (QED) is 0.190. The molecule has 0 rings (SSSR count). The van der Waals surface area contributed by atoms with Crippen molar-refractivity contribution in [1.82, 2.24) is 0 Å². The first-order valence-electron chi connectivity index (χ1n) is 11.5. The van der Waals surface area contributed by atoms with Crippen LogP contribution in [0.4, 0.5) is 0 Å². The summed E-state index contributed by atoms with van der Waals surface area (Å²) in [5.74, 6) is 0. The van der Waals surface area contributed by atoms with Crippen molar-refractivity contribution >= 4 is 0 Å². The molecule has 0 saturated heterocycles. The third-order valence-electron chi connectivity index (χ3n) is 5.03. The molecule has 0 aromatic heterocycles. The Bertz CT molecular complexity index is 180. The molecular weight excluding hydrogens is 292 g/mol. The number of unbranched alkanes of at least 4 members (excludes halogenated alkanes) is 17. The van der Waals surface area contributed by atoms with Crippen LogP contribution in [0.1, 0.15) is 136 Å². The largest absolute Gasteiger partial charge is 0.381 e. The highest BCUT2D eigenvalue weighted by Gasteiger charge is 1.95. The van der Waals surface area contributed by atoms with Crippen LogP contribution in [-0.2, 0) is 4.74 Å². The topological polar surface area (TPSA) is 9.23 Å². The van der Waals surface area contributed by atoms with E-state index in [9.17, 15) is 0 Å². The van der Waals surface area contributed by atoms with Crippen molar-refractivity contribution in [3.8, 4) is 0 Å². The van der Waals surface area contributed by atoms with Gasteiger partial charge in [0.25, 0.3) is 0 Å². The summed E-state index contributed by atoms with van der Waals surface area (Å²) in [4.78, 5) is 0. The highest BCUT2D eigenvalue weighted by molar-refractivity contribution is 4.49. The first-order chi connectivity index (χ1) is 11.9. The van der Waals surface area contributed by atoms with Crippen LogP contribution in [0.5, 0.6) is 0 Å². The van der Waals surface area contributed by atoms with Crippen molar-refractivity contribution in [3.05, 3.63) is 0 Å². The number of hydrogen-bond acceptors (Lipinski definition) is 1. The SMILES string of the molecule is CCCCCCCCCCCCCCCOCCCCCCCC. The van der Waals surface area contributed by atoms with Crippen molar-refractivity contribution < 1.29 is 4.74 Å². The van der Waals surface area contributed by atoms with Crippen molar-refractivity contribution in [3.63, 3.8) is 0 Å². The third kappa shape index (κ3) is 22.0. The molecule has 0 aliphatic carbocycles. The lowest BCUT2D eigenvalue weighted by molar-refractivity contribution is 0.125. The van der Waals surface area contributed by atoms with E-state index >= 15 is 0 Å². The summed E-state index contributed by atoms with van der Waals surface area (Å²) in [5, 5.41) is 0. The Labute approximate surface area is 154 Å². The predicted molar refractivity (Wildman–Crippen MR) is 110 cm³/mol. The first kappa shape index (κ1) is 24.0. The molecule has 24 heavy (non-hydrogen) atoms. The van der Waals surface area contributed by atoms with E-state index < -0.39 is 0 Å². The molecule has 0 bridgehead atoms. The van der Waals surface area contributed by atoms with E-state index in [0.717, 1.165) is 13.2 Å². The second kappa shape index (κ2) is 23.0. The van der Waals surface area contributed by atoms with Crippen LogP contribution in [0.2, 0.25) is 0 Å². The van der Waals surface area contributed by atoms with Crippen LogP contribution in [0.3, 0.4) is 0 Å². The molecule has 0 saturated carbocycles. The van der Waals surface area contributed by atoms with Gasteiger partial charge < -0.3 is 4.74 Å². The van der Waals surface area contributed by atoms with Crippen LogP contribution in [0.25, 0.3) is 0 Å². The summed E-state index contributed by atoms with van der Waals surface area (Å²) in [5.41, 5.74) is 0. The molecule has 0 aromatic carbocycles. The molecule has 0 heterocycles. The first-order valence-corrected chi connectivity index (χ1v) is 11.5. The van der Waals surface area contributed by atoms with Crippen molar-refractivity contribution in [2.24, 2.45) is 0 Å². The molecule has 0 aliphatic rings. The van der Waals surface area contributed by atoms with Crippen molar-refractivity contribution in [2.45, 2.75) is 136 Å². The van der Waals surface area contributed by atoms with Gasteiger partial charge in [0, 0.05) is 13.2 Å². The molecule has 0 N–H and O–H groups in total. The minimum absolute atomic E-state index is 0.990. The lowest BCUT2D eigenvalue weighted by atomic mass is 10.0. The lowest BCUT2D eigenvalue weighted by Crippen LogP contribution is -1.97. The average Bonchev–Trinajstić information content (AvgIpc) is 2.60. The summed E-state index contributed by atoms with van der Waals surface area (Å²) >= 11 is 0. The van der Waals surface area contributed by atoms with Gasteiger partial charge in [0.15, 0.2) is 0 Å². The molecule has 0 unspecified atom stereocenters. The molecule has 1 heteroatoms. The van der Waals surface area contributed by atoms with Crippen LogP contribution >= 0.6 is 0 Å². The van der Waals surface area contributed by atoms with Gasteiger partial charge in [-0.05, 0) is 12.8 Å². The fourth-order valence-electron chi connectivity index (χ4n) is 3.31. The van der Waals surface area contributed by atoms with Gasteiger partial charge in [-0.25, -0.2) is 0 Å². The smallest absolute Gasteiger partial charge is 0.0466 e. The molecular formula is C23H48O. The zero-order valence-electron chi connectivity index (χ0n) is 17.3. The fraction of sp³-hybridized carbons (Fsp3) is 1.00. The van der Waals surface area contributed by atoms with Gasteiger partial charge in [-0.15, -0.1) is 0 Å². The Hall–Kier alpha value is -0.0400. The lowest BCUT2D eigenvalue weighted by Gasteiger charge is -2.05. The molecule has 0 spiro atoms. The van der Waals surface area contributed by atoms with E-state index in [-0.39, 0.29) is 0 Å². The average molecular weight is 341 g/mol. The number of ether oxygens (including phenoxy) is 1. The minimum Gasteiger partial charge on any atom is -0.381 e. The van der Waals surface area contributed by atoms with E-state index in [1.807, 2.05) is 0 Å². The Morgan fingerprint density at radius 2 is 0.583 bits per heavy atom. The standard InChI is InChI=1S/C23H48O/c1-3-5-7-9-11-12-13-14-15-16-17-19-21-23-24-22-20-18-10-8-6-4-2/h3-23H2,1-2H3. The number of hydrogen-bond donors (Lipinski definition) is 0. The van der Waals surface area contributed by atoms with Crippen LogP contribution in [0, 0.1) is 0 Å². The Kier molecular flexibility index (Phi) is 22.9. The van der Waals surface area contributed by atoms with E-state index in [0.29, 0.717) is 0 Å². The molecule has 146 valence electrons. The second-order valence-corrected chi connectivity index (χ2v) is 7.62. The van der Waals surface area contributed by atoms with Gasteiger partial charge in [0.1, 0.15) is 0 Å². The van der Waals surface area contributed by atoms with E-state index in [1.165, 1.54) is 122 Å². The van der Waals surface area contributed by atoms with Crippen molar-refractivity contribution in [1.29, 1.82) is 0 Å². The molecule has 0 aliphatic heterocycles. The monoisotopic (exact) mass is 340 g/mol. The molecule has 0 aromatic rings. The molecule has 0 fully saturated rings. The van der Waals surface area contributed by atoms with Crippen LogP contribution in [0.15, 0.2) is 0 Å². The zero-order valence-corrected chi connectivity index (χ0v) is 17.3. The molecule has 0 atom stereocenters. The van der Waals surface area contributed by atoms with Crippen LogP contribution < -0.4 is 0 Å². The van der Waals surface area contributed by atoms with Gasteiger partial charge in [-0.1, -0.05) is 123 Å². The molecule has 0 radical (unpaired) electrons. The summed E-state index contributed by atoms with van der Waals surface area (Å²) < 4.78 is 5.74.